The molecule has 5 aliphatic rings. The summed E-state index contributed by atoms with van der Waals surface area (Å²) in [6.45, 7) is 43.3. The molecule has 15 rings (SSSR count). The second-order valence-corrected chi connectivity index (χ2v) is 28.9. The molecular formula is C83H85BrCl2N20O3S. The van der Waals surface area contributed by atoms with Crippen LogP contribution in [-0.4, -0.2) is 69.3 Å². The molecule has 5 atom stereocenters. The van der Waals surface area contributed by atoms with Crippen molar-refractivity contribution in [1.82, 2.24) is 51.0 Å². The van der Waals surface area contributed by atoms with Crippen LogP contribution in [0, 0.1) is 43.3 Å². The Hall–Kier alpha value is -11.6. The van der Waals surface area contributed by atoms with Crippen molar-refractivity contribution in [2.75, 3.05) is 39.9 Å². The van der Waals surface area contributed by atoms with E-state index in [9.17, 15) is 10.1 Å². The van der Waals surface area contributed by atoms with E-state index < -0.39 is 5.92 Å². The molecule has 0 fully saturated rings. The number of H-pyrrole nitrogens is 5. The maximum Gasteiger partial charge on any atom is 0.277 e. The van der Waals surface area contributed by atoms with Gasteiger partial charge in [-0.3, -0.25) is 35.6 Å². The number of benzene rings is 5. The molecule has 0 amide bonds. The van der Waals surface area contributed by atoms with Crippen molar-refractivity contribution in [2.45, 2.75) is 147 Å². The number of allylic oxidation sites excluding steroid dienone is 10. The van der Waals surface area contributed by atoms with Gasteiger partial charge in [0, 0.05) is 60.0 Å². The highest BCUT2D eigenvalue weighted by molar-refractivity contribution is 9.10. The van der Waals surface area contributed by atoms with E-state index in [2.05, 4.69) is 184 Å². The monoisotopic (exact) mass is 1590 g/mol. The van der Waals surface area contributed by atoms with E-state index in [-0.39, 0.29) is 34.3 Å². The van der Waals surface area contributed by atoms with Crippen molar-refractivity contribution in [1.29, 1.82) is 0 Å². The number of aryl methyl sites for hydroxylation is 1. The van der Waals surface area contributed by atoms with Gasteiger partial charge in [-0.05, 0) is 109 Å². The number of aromatic amines is 5. The van der Waals surface area contributed by atoms with Gasteiger partial charge in [0.05, 0.1) is 109 Å². The minimum Gasteiger partial charge on any atom is -0.496 e. The Morgan fingerprint density at radius 1 is 0.455 bits per heavy atom. The third-order valence-corrected chi connectivity index (χ3v) is 21.9. The van der Waals surface area contributed by atoms with Gasteiger partial charge in [-0.1, -0.05) is 197 Å². The highest BCUT2D eigenvalue weighted by Gasteiger charge is 2.41. The highest BCUT2D eigenvalue weighted by Crippen LogP contribution is 2.50. The molecule has 10 aromatic rings. The molecule has 5 aliphatic heterocycles. The predicted octanol–water partition coefficient (Wildman–Crippen LogP) is 22.3. The summed E-state index contributed by atoms with van der Waals surface area (Å²) in [6, 6.07) is 37.7. The van der Waals surface area contributed by atoms with E-state index in [1.54, 1.807) is 55.7 Å². The molecule has 110 heavy (non-hydrogen) atoms. The zero-order chi connectivity index (χ0) is 78.0. The van der Waals surface area contributed by atoms with E-state index in [4.69, 9.17) is 54.2 Å². The van der Waals surface area contributed by atoms with Gasteiger partial charge >= 0.3 is 0 Å². The van der Waals surface area contributed by atoms with Crippen molar-refractivity contribution in [3.63, 3.8) is 0 Å². The van der Waals surface area contributed by atoms with Crippen LogP contribution in [0.15, 0.2) is 213 Å². The average molecular weight is 1590 g/mol. The lowest BCUT2D eigenvalue weighted by Crippen LogP contribution is -2.23. The lowest BCUT2D eigenvalue weighted by molar-refractivity contribution is -0.430. The molecule has 5 unspecified atom stereocenters. The van der Waals surface area contributed by atoms with Gasteiger partial charge in [-0.15, -0.1) is 11.8 Å². The number of nitro groups is 1. The SMILES string of the molecule is CCCCC1=C([N+](=O)[O-])C(c2cccc(Cl)c2Cl)c2cn[nH]c2N1.[C-]#[N+]C1=C(CCC)Nc2[nH]ncc2C1c1ccccc1Br.[C-]#[N+]C1=C(CCC)Nc2[nH]ncc2C1c1ccccc1C.[C-]#[N+]C1=C(CCC)Nc2[nH]ncc2C1c1ccccc1OC.[C-]#[N+]C1=C(CCC)Nc2[nH]ncc2C1c1ccccc1SC. The molecule has 0 radical (unpaired) electrons. The topological polar surface area (TPSA) is 273 Å². The number of nitrogens with one attached hydrogen (secondary N) is 10. The van der Waals surface area contributed by atoms with Crippen molar-refractivity contribution in [3.8, 4) is 5.75 Å². The van der Waals surface area contributed by atoms with Crippen molar-refractivity contribution < 1.29 is 9.66 Å². The zero-order valence-corrected chi connectivity index (χ0v) is 66.2. The number of aromatic nitrogens is 10. The minimum absolute atomic E-state index is 0.0275. The number of para-hydroxylation sites is 1. The van der Waals surface area contributed by atoms with E-state index in [0.29, 0.717) is 39.1 Å². The third kappa shape index (κ3) is 16.8. The van der Waals surface area contributed by atoms with Gasteiger partial charge in [0.1, 0.15) is 40.8 Å². The first-order valence-electron chi connectivity index (χ1n) is 36.5. The second kappa shape index (κ2) is 37.5. The number of rotatable bonds is 19. The Kier molecular flexibility index (Phi) is 27.1. The highest BCUT2D eigenvalue weighted by atomic mass is 79.9. The summed E-state index contributed by atoms with van der Waals surface area (Å²) in [4.78, 5) is 28.1. The van der Waals surface area contributed by atoms with E-state index in [1.165, 1.54) is 21.6 Å². The van der Waals surface area contributed by atoms with E-state index in [1.807, 2.05) is 86.0 Å². The number of anilines is 5. The van der Waals surface area contributed by atoms with Gasteiger partial charge in [-0.2, -0.15) is 25.5 Å². The fraction of sp³-hybridized carbons (Fsp3) is 0.289. The quantitative estimate of drug-likeness (QED) is 0.0156. The zero-order valence-electron chi connectivity index (χ0n) is 62.3. The summed E-state index contributed by atoms with van der Waals surface area (Å²) in [5.41, 5.74) is 18.8. The van der Waals surface area contributed by atoms with Gasteiger partial charge in [0.25, 0.3) is 5.70 Å². The maximum absolute atomic E-state index is 11.8. The summed E-state index contributed by atoms with van der Waals surface area (Å²) >= 11 is 17.8. The number of thioether (sulfide) groups is 1. The predicted molar refractivity (Wildman–Crippen MR) is 441 cm³/mol. The summed E-state index contributed by atoms with van der Waals surface area (Å²) < 4.78 is 6.52. The maximum atomic E-state index is 11.8. The van der Waals surface area contributed by atoms with E-state index in [0.717, 1.165) is 177 Å². The molecule has 0 bridgehead atoms. The van der Waals surface area contributed by atoms with Crippen LogP contribution in [0.4, 0.5) is 29.1 Å². The number of methoxy groups -OCH3 is 1. The molecule has 0 spiro atoms. The van der Waals surface area contributed by atoms with Gasteiger partial charge < -0.3 is 31.3 Å². The molecule has 27 heteroatoms. The number of ether oxygens (including phenoxy) is 1. The summed E-state index contributed by atoms with van der Waals surface area (Å²) in [5.74, 6) is 4.13. The number of nitrogens with zero attached hydrogens (tertiary/aromatic N) is 10. The van der Waals surface area contributed by atoms with Crippen molar-refractivity contribution in [2.24, 2.45) is 0 Å². The van der Waals surface area contributed by atoms with E-state index >= 15 is 0 Å². The van der Waals surface area contributed by atoms with Crippen LogP contribution in [0.2, 0.25) is 10.0 Å². The van der Waals surface area contributed by atoms with Crippen LogP contribution < -0.4 is 31.3 Å². The lowest BCUT2D eigenvalue weighted by Gasteiger charge is -2.27. The first-order chi connectivity index (χ1) is 53.6. The van der Waals surface area contributed by atoms with Gasteiger partial charge in [0.2, 0.25) is 0 Å². The smallest absolute Gasteiger partial charge is 0.277 e. The Bertz CT molecular complexity index is 5060. The minimum atomic E-state index is -0.618. The van der Waals surface area contributed by atoms with Crippen LogP contribution in [0.3, 0.4) is 0 Å². The van der Waals surface area contributed by atoms with Gasteiger partial charge in [0.15, 0.2) is 22.8 Å². The van der Waals surface area contributed by atoms with Crippen LogP contribution in [0.5, 0.6) is 5.75 Å². The fourth-order valence-corrected chi connectivity index (χ4v) is 16.1. The normalized spacial score (nSPS) is 16.9. The number of unbranched alkanes of at least 4 members (excludes halogenated alkanes) is 1. The lowest BCUT2D eigenvalue weighted by atomic mass is 9.84. The first-order valence-corrected chi connectivity index (χ1v) is 39.2. The molecule has 10 N–H and O–H groups in total. The molecule has 0 saturated heterocycles. The summed E-state index contributed by atoms with van der Waals surface area (Å²) in [6.07, 6.45) is 20.7. The van der Waals surface area contributed by atoms with Crippen molar-refractivity contribution in [3.05, 3.63) is 335 Å². The Labute approximate surface area is 663 Å². The number of fused-ring (bicyclic) bond motifs is 5. The van der Waals surface area contributed by atoms with Crippen LogP contribution >= 0.6 is 50.9 Å². The fourth-order valence-electron chi connectivity index (χ4n) is 14.6. The van der Waals surface area contributed by atoms with Crippen LogP contribution in [-0.2, 0) is 0 Å². The third-order valence-electron chi connectivity index (χ3n) is 19.6. The van der Waals surface area contributed by atoms with Crippen molar-refractivity contribution >= 4 is 80.0 Å². The number of hydrogen-bond donors (Lipinski definition) is 10. The standard InChI is InChI=1S/C17H18N4O.C17H18N4S.C17H18N4.C16H15BrN4.C16H16Cl2N4O2/c2*1-4-7-13-16(18-2)15(12-10-19-21-17(12)20-13)11-8-5-6-9-14(11)22-3;1-4-7-14-16(18-3)15(12-9-6-5-8-11(12)2)13-10-19-21-17(13)20-14;1-3-6-13-15(18-2)14(10-7-4-5-8-12(10)17)11-9-19-21-16(11)20-13;1-2-3-7-12-15(22(23)24)13(10-8-19-21-16(10)20-12)9-5-4-6-11(17)14(9)18/h2*5-6,8-10,15H,4,7H2,1,3H3,(H2,19,20,21);5-6,8-10,15H,4,7H2,1-2H3,(H2,19,20,21);4-5,7-9,14H,3,6H2,1H3,(H2,19,20,21);4-6,8,13H,2-3,7H2,1H3,(H2,19,20,21). The molecule has 0 aliphatic carbocycles. The molecular weight excluding hydrogens is 1510 g/mol. The molecule has 23 nitrogen and oxygen atoms in total. The second-order valence-electron chi connectivity index (χ2n) is 26.4. The van der Waals surface area contributed by atoms with Gasteiger partial charge in [-0.25, -0.2) is 19.4 Å². The molecule has 0 saturated carbocycles. The molecule has 562 valence electrons. The average Bonchev–Trinajstić information content (AvgIpc) is 1.60. The number of halogens is 3. The molecule has 5 aromatic carbocycles. The summed E-state index contributed by atoms with van der Waals surface area (Å²) in [7, 11) is 1.66. The molecule has 5 aromatic heterocycles. The largest absolute Gasteiger partial charge is 0.496 e. The number of hydrogen-bond acceptors (Lipinski definition) is 14. The Morgan fingerprint density at radius 2 is 0.818 bits per heavy atom. The first kappa shape index (κ1) is 79.5. The Balaban J connectivity index is 0.000000136. The summed E-state index contributed by atoms with van der Waals surface area (Å²) in [5, 5.41) is 64.5. The molecule has 10 heterocycles. The Morgan fingerprint density at radius 3 is 1.23 bits per heavy atom. The van der Waals surface area contributed by atoms with Crippen LogP contribution in [0.25, 0.3) is 19.4 Å². The van der Waals surface area contributed by atoms with Crippen LogP contribution in [0.1, 0.15) is 196 Å².